The third kappa shape index (κ3) is 2.57. The van der Waals surface area contributed by atoms with Crippen molar-refractivity contribution in [2.75, 3.05) is 31.1 Å². The second-order valence-corrected chi connectivity index (χ2v) is 6.65. The van der Waals surface area contributed by atoms with Crippen LogP contribution in [0.15, 0.2) is 0 Å². The van der Waals surface area contributed by atoms with Gasteiger partial charge in [-0.05, 0) is 49.7 Å². The van der Waals surface area contributed by atoms with Crippen molar-refractivity contribution >= 4 is 11.8 Å². The molecule has 16 heavy (non-hydrogen) atoms. The number of hydrogen-bond donors (Lipinski definition) is 1. The molecule has 1 unspecified atom stereocenters. The second-order valence-electron chi connectivity index (χ2n) is 5.43. The van der Waals surface area contributed by atoms with Crippen LogP contribution in [0.2, 0.25) is 0 Å². The lowest BCUT2D eigenvalue weighted by molar-refractivity contribution is 0.108. The first-order chi connectivity index (χ1) is 7.80. The van der Waals surface area contributed by atoms with Crippen LogP contribution in [-0.4, -0.2) is 41.6 Å². The quantitative estimate of drug-likeness (QED) is 0.820. The van der Waals surface area contributed by atoms with E-state index in [1.165, 1.54) is 56.7 Å². The van der Waals surface area contributed by atoms with Gasteiger partial charge in [-0.2, -0.15) is 11.8 Å². The summed E-state index contributed by atoms with van der Waals surface area (Å²) in [6.07, 6.45) is 6.78. The summed E-state index contributed by atoms with van der Waals surface area (Å²) in [5, 5.41) is 0. The molecule has 2 rings (SSSR count). The molecule has 0 amide bonds. The average molecular weight is 242 g/mol. The summed E-state index contributed by atoms with van der Waals surface area (Å²) < 4.78 is 0. The molecule has 0 aromatic carbocycles. The monoisotopic (exact) mass is 242 g/mol. The van der Waals surface area contributed by atoms with Crippen molar-refractivity contribution in [3.05, 3.63) is 0 Å². The zero-order valence-electron chi connectivity index (χ0n) is 10.6. The minimum absolute atomic E-state index is 0.369. The standard InChI is InChI=1S/C13H26N2S/c1-2-3-12-4-7-15(10-12)13(11-14)5-8-16-9-6-13/h12H,2-11,14H2,1H3. The molecule has 2 nitrogen and oxygen atoms in total. The van der Waals surface area contributed by atoms with Crippen LogP contribution in [0, 0.1) is 5.92 Å². The predicted molar refractivity (Wildman–Crippen MR) is 72.9 cm³/mol. The largest absolute Gasteiger partial charge is 0.329 e. The molecule has 0 aliphatic carbocycles. The zero-order valence-corrected chi connectivity index (χ0v) is 11.4. The minimum atomic E-state index is 0.369. The fourth-order valence-electron chi connectivity index (χ4n) is 3.31. The first kappa shape index (κ1) is 12.7. The van der Waals surface area contributed by atoms with E-state index in [9.17, 15) is 0 Å². The van der Waals surface area contributed by atoms with Crippen LogP contribution in [0.5, 0.6) is 0 Å². The summed E-state index contributed by atoms with van der Waals surface area (Å²) in [6.45, 7) is 5.78. The van der Waals surface area contributed by atoms with Crippen molar-refractivity contribution in [1.29, 1.82) is 0 Å². The first-order valence-electron chi connectivity index (χ1n) is 6.83. The van der Waals surface area contributed by atoms with E-state index >= 15 is 0 Å². The van der Waals surface area contributed by atoms with Crippen LogP contribution in [0.1, 0.15) is 39.0 Å². The van der Waals surface area contributed by atoms with Crippen molar-refractivity contribution in [2.45, 2.75) is 44.6 Å². The Balaban J connectivity index is 1.94. The predicted octanol–water partition coefficient (Wildman–Crippen LogP) is 2.33. The molecule has 2 heterocycles. The summed E-state index contributed by atoms with van der Waals surface area (Å²) in [5.74, 6) is 3.57. The fourth-order valence-corrected chi connectivity index (χ4v) is 4.56. The van der Waals surface area contributed by atoms with E-state index in [-0.39, 0.29) is 0 Å². The van der Waals surface area contributed by atoms with Crippen LogP contribution in [-0.2, 0) is 0 Å². The van der Waals surface area contributed by atoms with Crippen molar-refractivity contribution in [3.8, 4) is 0 Å². The van der Waals surface area contributed by atoms with Gasteiger partial charge in [-0.3, -0.25) is 4.90 Å². The van der Waals surface area contributed by atoms with Gasteiger partial charge in [0.15, 0.2) is 0 Å². The molecule has 2 fully saturated rings. The number of nitrogens with zero attached hydrogens (tertiary/aromatic N) is 1. The number of likely N-dealkylation sites (tertiary alicyclic amines) is 1. The second kappa shape index (κ2) is 5.74. The van der Waals surface area contributed by atoms with Crippen LogP contribution in [0.3, 0.4) is 0 Å². The van der Waals surface area contributed by atoms with Crippen molar-refractivity contribution in [3.63, 3.8) is 0 Å². The SMILES string of the molecule is CCCC1CCN(C2(CN)CCSCC2)C1. The molecule has 2 aliphatic rings. The maximum Gasteiger partial charge on any atom is 0.0347 e. The fraction of sp³-hybridized carbons (Fsp3) is 1.00. The maximum absolute atomic E-state index is 6.09. The molecule has 94 valence electrons. The third-order valence-electron chi connectivity index (χ3n) is 4.46. The van der Waals surface area contributed by atoms with Gasteiger partial charge in [0.25, 0.3) is 0 Å². The molecular formula is C13H26N2S. The van der Waals surface area contributed by atoms with E-state index in [4.69, 9.17) is 5.73 Å². The number of rotatable bonds is 4. The highest BCUT2D eigenvalue weighted by molar-refractivity contribution is 7.99. The Labute approximate surface area is 104 Å². The van der Waals surface area contributed by atoms with E-state index in [1.54, 1.807) is 0 Å². The van der Waals surface area contributed by atoms with Gasteiger partial charge in [-0.15, -0.1) is 0 Å². The van der Waals surface area contributed by atoms with E-state index in [0.717, 1.165) is 12.5 Å². The molecule has 1 atom stereocenters. The highest BCUT2D eigenvalue weighted by Gasteiger charge is 2.40. The molecule has 0 bridgehead atoms. The Morgan fingerprint density at radius 3 is 2.75 bits per heavy atom. The van der Waals surface area contributed by atoms with Gasteiger partial charge in [0.05, 0.1) is 0 Å². The normalized spacial score (nSPS) is 30.8. The van der Waals surface area contributed by atoms with Crippen molar-refractivity contribution < 1.29 is 0 Å². The Bertz CT molecular complexity index is 214. The van der Waals surface area contributed by atoms with E-state index in [1.807, 2.05) is 0 Å². The summed E-state index contributed by atoms with van der Waals surface area (Å²) >= 11 is 2.10. The highest BCUT2D eigenvalue weighted by Crippen LogP contribution is 2.36. The summed E-state index contributed by atoms with van der Waals surface area (Å²) in [4.78, 5) is 2.73. The molecule has 0 saturated carbocycles. The smallest absolute Gasteiger partial charge is 0.0347 e. The maximum atomic E-state index is 6.09. The average Bonchev–Trinajstić information content (AvgIpc) is 2.80. The Morgan fingerprint density at radius 2 is 2.12 bits per heavy atom. The summed E-state index contributed by atoms with van der Waals surface area (Å²) in [7, 11) is 0. The molecule has 0 aromatic heterocycles. The van der Waals surface area contributed by atoms with Gasteiger partial charge in [-0.25, -0.2) is 0 Å². The number of nitrogens with two attached hydrogens (primary N) is 1. The van der Waals surface area contributed by atoms with E-state index in [2.05, 4.69) is 23.6 Å². The Morgan fingerprint density at radius 1 is 1.38 bits per heavy atom. The zero-order chi connectivity index (χ0) is 11.4. The van der Waals surface area contributed by atoms with Gasteiger partial charge >= 0.3 is 0 Å². The van der Waals surface area contributed by atoms with Crippen LogP contribution < -0.4 is 5.73 Å². The molecule has 2 aliphatic heterocycles. The molecule has 0 aromatic rings. The molecule has 3 heteroatoms. The highest BCUT2D eigenvalue weighted by atomic mass is 32.2. The van der Waals surface area contributed by atoms with E-state index < -0.39 is 0 Å². The van der Waals surface area contributed by atoms with E-state index in [0.29, 0.717) is 5.54 Å². The Kier molecular flexibility index (Phi) is 4.57. The van der Waals surface area contributed by atoms with Gasteiger partial charge < -0.3 is 5.73 Å². The summed E-state index contributed by atoms with van der Waals surface area (Å²) in [5.41, 5.74) is 6.46. The van der Waals surface area contributed by atoms with Crippen LogP contribution in [0.4, 0.5) is 0 Å². The number of hydrogen-bond acceptors (Lipinski definition) is 3. The van der Waals surface area contributed by atoms with Crippen LogP contribution in [0.25, 0.3) is 0 Å². The molecule has 2 N–H and O–H groups in total. The van der Waals surface area contributed by atoms with Crippen LogP contribution >= 0.6 is 11.8 Å². The topological polar surface area (TPSA) is 29.3 Å². The van der Waals surface area contributed by atoms with Gasteiger partial charge in [-0.1, -0.05) is 13.3 Å². The lowest BCUT2D eigenvalue weighted by Crippen LogP contribution is -2.55. The Hall–Kier alpha value is 0.270. The first-order valence-corrected chi connectivity index (χ1v) is 7.99. The molecule has 2 saturated heterocycles. The third-order valence-corrected chi connectivity index (χ3v) is 5.44. The minimum Gasteiger partial charge on any atom is -0.329 e. The van der Waals surface area contributed by atoms with Gasteiger partial charge in [0.2, 0.25) is 0 Å². The lowest BCUT2D eigenvalue weighted by atomic mass is 9.90. The lowest BCUT2D eigenvalue weighted by Gasteiger charge is -2.44. The molecule has 0 radical (unpaired) electrons. The van der Waals surface area contributed by atoms with Crippen molar-refractivity contribution in [2.24, 2.45) is 11.7 Å². The summed E-state index contributed by atoms with van der Waals surface area (Å²) in [6, 6.07) is 0. The van der Waals surface area contributed by atoms with Gasteiger partial charge in [0, 0.05) is 18.6 Å². The number of thioether (sulfide) groups is 1. The van der Waals surface area contributed by atoms with Crippen molar-refractivity contribution in [1.82, 2.24) is 4.90 Å². The molecular weight excluding hydrogens is 216 g/mol. The van der Waals surface area contributed by atoms with Gasteiger partial charge in [0.1, 0.15) is 0 Å². The molecule has 0 spiro atoms.